The molecule has 0 aliphatic heterocycles. The fraction of sp³-hybridized carbons (Fsp3) is 0.200. The Morgan fingerprint density at radius 1 is 0.929 bits per heavy atom. The first kappa shape index (κ1) is 10.8. The Bertz CT molecular complexity index is 300. The molecule has 1 rings (SSSR count). The summed E-state index contributed by atoms with van der Waals surface area (Å²) in [6.07, 6.45) is -3.15. The van der Waals surface area contributed by atoms with Gasteiger partial charge in [0, 0.05) is 5.56 Å². The molecule has 4 heteroatoms. The third kappa shape index (κ3) is 3.20. The summed E-state index contributed by atoms with van der Waals surface area (Å²) in [5.41, 5.74) is 0.369. The van der Waals surface area contributed by atoms with E-state index in [1.807, 2.05) is 0 Å². The summed E-state index contributed by atoms with van der Waals surface area (Å²) in [6, 6.07) is 5.19. The molecule has 0 spiro atoms. The van der Waals surface area contributed by atoms with Crippen molar-refractivity contribution < 1.29 is 17.6 Å². The summed E-state index contributed by atoms with van der Waals surface area (Å²) in [6.45, 7) is 0. The molecule has 14 heavy (non-hydrogen) atoms. The number of hydrogen-bond acceptors (Lipinski definition) is 0. The van der Waals surface area contributed by atoms with Crippen LogP contribution in [0.2, 0.25) is 0 Å². The quantitative estimate of drug-likeness (QED) is 0.655. The van der Waals surface area contributed by atoms with Gasteiger partial charge in [-0.3, -0.25) is 0 Å². The minimum absolute atomic E-state index is 0.112. The maximum absolute atomic E-state index is 12.1. The topological polar surface area (TPSA) is 0 Å². The molecule has 0 aliphatic rings. The van der Waals surface area contributed by atoms with Gasteiger partial charge in [-0.2, -0.15) is 0 Å². The molecule has 1 aromatic rings. The second-order valence-electron chi connectivity index (χ2n) is 2.66. The van der Waals surface area contributed by atoms with Gasteiger partial charge in [-0.15, -0.1) is 0 Å². The summed E-state index contributed by atoms with van der Waals surface area (Å²) < 4.78 is 47.6. The average molecular weight is 204 g/mol. The van der Waals surface area contributed by atoms with Crippen molar-refractivity contribution in [3.05, 3.63) is 41.5 Å². The molecule has 0 nitrogen and oxygen atoms in total. The standard InChI is InChI=1S/C10H8F4/c11-9(12)6-3-7-1-4-8(5-2-7)10(13)14/h1-6,9-10H/b6-3+. The number of hydrogen-bond donors (Lipinski definition) is 0. The number of rotatable bonds is 3. The molecule has 0 aliphatic carbocycles. The van der Waals surface area contributed by atoms with E-state index in [-0.39, 0.29) is 5.56 Å². The van der Waals surface area contributed by atoms with Crippen LogP contribution >= 0.6 is 0 Å². The van der Waals surface area contributed by atoms with Crippen molar-refractivity contribution in [1.82, 2.24) is 0 Å². The lowest BCUT2D eigenvalue weighted by atomic mass is 10.1. The Morgan fingerprint density at radius 3 is 1.93 bits per heavy atom. The molecule has 0 radical (unpaired) electrons. The fourth-order valence-electron chi connectivity index (χ4n) is 0.936. The first-order valence-electron chi connectivity index (χ1n) is 3.94. The summed E-state index contributed by atoms with van der Waals surface area (Å²) in [4.78, 5) is 0. The minimum atomic E-state index is -2.52. The molecule has 0 bridgehead atoms. The van der Waals surface area contributed by atoms with E-state index >= 15 is 0 Å². The zero-order chi connectivity index (χ0) is 10.6. The third-order valence-electron chi connectivity index (χ3n) is 1.62. The van der Waals surface area contributed by atoms with Crippen molar-refractivity contribution in [3.8, 4) is 0 Å². The molecule has 76 valence electrons. The highest BCUT2D eigenvalue weighted by Gasteiger charge is 2.04. The van der Waals surface area contributed by atoms with Gasteiger partial charge in [-0.05, 0) is 11.6 Å². The molecule has 0 aromatic heterocycles. The van der Waals surface area contributed by atoms with Crippen molar-refractivity contribution in [2.24, 2.45) is 0 Å². The third-order valence-corrected chi connectivity index (χ3v) is 1.62. The molecular formula is C10H8F4. The number of halogens is 4. The van der Waals surface area contributed by atoms with Gasteiger partial charge >= 0.3 is 0 Å². The van der Waals surface area contributed by atoms with E-state index in [1.54, 1.807) is 0 Å². The Morgan fingerprint density at radius 2 is 1.50 bits per heavy atom. The van der Waals surface area contributed by atoms with E-state index in [0.29, 0.717) is 11.6 Å². The van der Waals surface area contributed by atoms with Crippen molar-refractivity contribution in [2.45, 2.75) is 12.9 Å². The molecule has 0 atom stereocenters. The Balaban J connectivity index is 2.73. The Kier molecular flexibility index (Phi) is 3.68. The highest BCUT2D eigenvalue weighted by atomic mass is 19.3. The lowest BCUT2D eigenvalue weighted by molar-refractivity contribution is 0.151. The van der Waals surface area contributed by atoms with Gasteiger partial charge in [0.15, 0.2) is 0 Å². The van der Waals surface area contributed by atoms with Crippen LogP contribution in [0, 0.1) is 0 Å². The van der Waals surface area contributed by atoms with Crippen LogP contribution < -0.4 is 0 Å². The first-order valence-corrected chi connectivity index (χ1v) is 3.94. The van der Waals surface area contributed by atoms with Gasteiger partial charge in [0.25, 0.3) is 12.9 Å². The van der Waals surface area contributed by atoms with E-state index in [2.05, 4.69) is 0 Å². The van der Waals surface area contributed by atoms with Gasteiger partial charge in [0.1, 0.15) is 0 Å². The van der Waals surface area contributed by atoms with Gasteiger partial charge in [-0.25, -0.2) is 17.6 Å². The molecule has 1 aromatic carbocycles. The molecule has 0 N–H and O–H groups in total. The van der Waals surface area contributed by atoms with Crippen molar-refractivity contribution >= 4 is 6.08 Å². The minimum Gasteiger partial charge on any atom is -0.206 e. The lowest BCUT2D eigenvalue weighted by Gasteiger charge is -1.99. The summed E-state index contributed by atoms with van der Waals surface area (Å²) in [5.74, 6) is 0. The normalized spacial score (nSPS) is 11.9. The second kappa shape index (κ2) is 4.79. The van der Waals surface area contributed by atoms with Crippen LogP contribution in [-0.2, 0) is 0 Å². The SMILES string of the molecule is FC(F)/C=C/c1ccc(C(F)F)cc1. The van der Waals surface area contributed by atoms with E-state index in [0.717, 1.165) is 0 Å². The van der Waals surface area contributed by atoms with E-state index in [1.165, 1.54) is 30.3 Å². The zero-order valence-corrected chi connectivity index (χ0v) is 7.13. The van der Waals surface area contributed by atoms with Crippen molar-refractivity contribution in [1.29, 1.82) is 0 Å². The lowest BCUT2D eigenvalue weighted by Crippen LogP contribution is -1.84. The first-order chi connectivity index (χ1) is 6.59. The highest BCUT2D eigenvalue weighted by Crippen LogP contribution is 2.19. The van der Waals surface area contributed by atoms with Gasteiger partial charge < -0.3 is 0 Å². The molecule has 0 saturated heterocycles. The molecular weight excluding hydrogens is 196 g/mol. The van der Waals surface area contributed by atoms with E-state index in [9.17, 15) is 17.6 Å². The average Bonchev–Trinajstić information content (AvgIpc) is 2.15. The van der Waals surface area contributed by atoms with Crippen LogP contribution in [0.1, 0.15) is 17.6 Å². The van der Waals surface area contributed by atoms with E-state index < -0.39 is 12.9 Å². The largest absolute Gasteiger partial charge is 0.263 e. The van der Waals surface area contributed by atoms with Crippen molar-refractivity contribution in [2.75, 3.05) is 0 Å². The molecule has 0 heterocycles. The zero-order valence-electron chi connectivity index (χ0n) is 7.13. The molecule has 0 amide bonds. The maximum atomic E-state index is 12.1. The number of alkyl halides is 4. The van der Waals surface area contributed by atoms with Crippen LogP contribution in [0.5, 0.6) is 0 Å². The van der Waals surface area contributed by atoms with Crippen LogP contribution in [0.3, 0.4) is 0 Å². The van der Waals surface area contributed by atoms with Gasteiger partial charge in [0.2, 0.25) is 0 Å². The van der Waals surface area contributed by atoms with Gasteiger partial charge in [-0.1, -0.05) is 30.3 Å². The maximum Gasteiger partial charge on any atom is 0.263 e. The summed E-state index contributed by atoms with van der Waals surface area (Å²) >= 11 is 0. The fourth-order valence-corrected chi connectivity index (χ4v) is 0.936. The van der Waals surface area contributed by atoms with Crippen LogP contribution in [0.15, 0.2) is 30.3 Å². The molecule has 0 saturated carbocycles. The highest BCUT2D eigenvalue weighted by molar-refractivity contribution is 5.50. The Hall–Kier alpha value is -1.32. The van der Waals surface area contributed by atoms with E-state index in [4.69, 9.17) is 0 Å². The van der Waals surface area contributed by atoms with Crippen LogP contribution in [0.4, 0.5) is 17.6 Å². The molecule has 0 fully saturated rings. The smallest absolute Gasteiger partial charge is 0.206 e. The monoisotopic (exact) mass is 204 g/mol. The number of allylic oxidation sites excluding steroid dienone is 1. The predicted molar refractivity (Wildman–Crippen MR) is 46.4 cm³/mol. The summed E-state index contributed by atoms with van der Waals surface area (Å²) in [5, 5.41) is 0. The predicted octanol–water partition coefficient (Wildman–Crippen LogP) is 3.90. The van der Waals surface area contributed by atoms with Crippen molar-refractivity contribution in [3.63, 3.8) is 0 Å². The van der Waals surface area contributed by atoms with Crippen LogP contribution in [-0.4, -0.2) is 6.43 Å². The summed E-state index contributed by atoms with van der Waals surface area (Å²) in [7, 11) is 0. The molecule has 0 unspecified atom stereocenters. The second-order valence-corrected chi connectivity index (χ2v) is 2.66. The van der Waals surface area contributed by atoms with Gasteiger partial charge in [0.05, 0.1) is 0 Å². The number of benzene rings is 1. The Labute approximate surface area is 78.9 Å². The van der Waals surface area contributed by atoms with Crippen LogP contribution in [0.25, 0.3) is 6.08 Å².